The number of sulfonamides is 1. The quantitative estimate of drug-likeness (QED) is 0.796. The molecule has 0 spiro atoms. The average Bonchev–Trinajstić information content (AvgIpc) is 2.68. The van der Waals surface area contributed by atoms with Crippen LogP contribution in [-0.2, 0) is 14.8 Å². The maximum Gasteiger partial charge on any atom is 0.243 e. The molecule has 1 aliphatic heterocycles. The van der Waals surface area contributed by atoms with E-state index < -0.39 is 10.0 Å². The Morgan fingerprint density at radius 1 is 1.07 bits per heavy atom. The summed E-state index contributed by atoms with van der Waals surface area (Å²) in [5.74, 6) is 0.532. The fourth-order valence-corrected chi connectivity index (χ4v) is 4.45. The zero-order chi connectivity index (χ0) is 20.1. The summed E-state index contributed by atoms with van der Waals surface area (Å²) in [7, 11) is -3.54. The van der Waals surface area contributed by atoms with Crippen LogP contribution in [0, 0.1) is 6.92 Å². The zero-order valence-electron chi connectivity index (χ0n) is 15.7. The van der Waals surface area contributed by atoms with Gasteiger partial charge in [0.25, 0.3) is 0 Å². The van der Waals surface area contributed by atoms with E-state index in [1.165, 1.54) is 10.4 Å². The molecule has 0 unspecified atom stereocenters. The van der Waals surface area contributed by atoms with Crippen molar-refractivity contribution in [1.82, 2.24) is 9.21 Å². The Balaban J connectivity index is 1.49. The number of piperazine rings is 1. The fraction of sp³-hybridized carbons (Fsp3) is 0.350. The number of nitrogens with zero attached hydrogens (tertiary/aromatic N) is 2. The number of ether oxygens (including phenoxy) is 1. The largest absolute Gasteiger partial charge is 0.508 e. The van der Waals surface area contributed by atoms with E-state index in [2.05, 4.69) is 0 Å². The molecular weight excluding hydrogens is 380 g/mol. The standard InChI is InChI=1S/C20H24N2O5S/c1-16-5-7-19(8-6-16)28(25,26)22-12-10-21(11-13-22)20(24)9-14-27-18-4-2-3-17(23)15-18/h2-8,15,23H,9-14H2,1H3. The molecule has 8 heteroatoms. The lowest BCUT2D eigenvalue weighted by Gasteiger charge is -2.34. The molecule has 0 aromatic heterocycles. The van der Waals surface area contributed by atoms with Crippen LogP contribution in [0.4, 0.5) is 0 Å². The summed E-state index contributed by atoms with van der Waals surface area (Å²) < 4.78 is 32.3. The molecule has 2 aromatic carbocycles. The molecule has 1 amide bonds. The summed E-state index contributed by atoms with van der Waals surface area (Å²) >= 11 is 0. The Morgan fingerprint density at radius 2 is 1.75 bits per heavy atom. The van der Waals surface area contributed by atoms with Crippen molar-refractivity contribution in [3.63, 3.8) is 0 Å². The van der Waals surface area contributed by atoms with E-state index in [1.807, 2.05) is 6.92 Å². The van der Waals surface area contributed by atoms with Gasteiger partial charge >= 0.3 is 0 Å². The van der Waals surface area contributed by atoms with Crippen LogP contribution in [0.25, 0.3) is 0 Å². The summed E-state index contributed by atoms with van der Waals surface area (Å²) in [4.78, 5) is 14.3. The van der Waals surface area contributed by atoms with E-state index in [9.17, 15) is 18.3 Å². The van der Waals surface area contributed by atoms with Crippen molar-refractivity contribution in [2.45, 2.75) is 18.2 Å². The van der Waals surface area contributed by atoms with Crippen LogP contribution in [0.2, 0.25) is 0 Å². The Bertz CT molecular complexity index is 920. The molecule has 7 nitrogen and oxygen atoms in total. The molecule has 0 radical (unpaired) electrons. The minimum absolute atomic E-state index is 0.0764. The van der Waals surface area contributed by atoms with E-state index in [1.54, 1.807) is 47.4 Å². The molecule has 1 fully saturated rings. The Morgan fingerprint density at radius 3 is 2.39 bits per heavy atom. The molecular formula is C20H24N2O5S. The maximum absolute atomic E-state index is 12.7. The minimum Gasteiger partial charge on any atom is -0.508 e. The molecule has 0 aliphatic carbocycles. The normalized spacial score (nSPS) is 15.4. The number of hydrogen-bond donors (Lipinski definition) is 1. The van der Waals surface area contributed by atoms with E-state index >= 15 is 0 Å². The first kappa shape index (κ1) is 20.2. The van der Waals surface area contributed by atoms with Gasteiger partial charge in [-0.05, 0) is 31.2 Å². The van der Waals surface area contributed by atoms with Gasteiger partial charge in [0.05, 0.1) is 17.9 Å². The second-order valence-electron chi connectivity index (χ2n) is 6.69. The highest BCUT2D eigenvalue weighted by molar-refractivity contribution is 7.89. The van der Waals surface area contributed by atoms with Crippen LogP contribution < -0.4 is 4.74 Å². The van der Waals surface area contributed by atoms with E-state index in [-0.39, 0.29) is 42.7 Å². The Hall–Kier alpha value is -2.58. The molecule has 1 N–H and O–H groups in total. The number of carbonyl (C=O) groups is 1. The molecule has 1 aliphatic rings. The number of aromatic hydroxyl groups is 1. The van der Waals surface area contributed by atoms with Crippen LogP contribution in [0.5, 0.6) is 11.5 Å². The molecule has 3 rings (SSSR count). The zero-order valence-corrected chi connectivity index (χ0v) is 16.6. The van der Waals surface area contributed by atoms with Gasteiger partial charge in [-0.1, -0.05) is 23.8 Å². The van der Waals surface area contributed by atoms with Crippen LogP contribution in [0.15, 0.2) is 53.4 Å². The van der Waals surface area contributed by atoms with Gasteiger partial charge in [-0.15, -0.1) is 0 Å². The summed E-state index contributed by atoms with van der Waals surface area (Å²) in [6, 6.07) is 13.2. The van der Waals surface area contributed by atoms with Crippen molar-refractivity contribution in [1.29, 1.82) is 0 Å². The van der Waals surface area contributed by atoms with Gasteiger partial charge in [0.1, 0.15) is 11.5 Å². The smallest absolute Gasteiger partial charge is 0.243 e. The lowest BCUT2D eigenvalue weighted by atomic mass is 10.2. The van der Waals surface area contributed by atoms with Gasteiger partial charge in [0.15, 0.2) is 0 Å². The SMILES string of the molecule is Cc1ccc(S(=O)(=O)N2CCN(C(=O)CCOc3cccc(O)c3)CC2)cc1. The van der Waals surface area contributed by atoms with Crippen LogP contribution >= 0.6 is 0 Å². The lowest BCUT2D eigenvalue weighted by Crippen LogP contribution is -2.50. The molecule has 0 atom stereocenters. The number of phenols is 1. The molecule has 0 saturated carbocycles. The molecule has 1 saturated heterocycles. The van der Waals surface area contributed by atoms with Crippen molar-refractivity contribution in [2.75, 3.05) is 32.8 Å². The van der Waals surface area contributed by atoms with Crippen molar-refractivity contribution in [3.05, 3.63) is 54.1 Å². The van der Waals surface area contributed by atoms with Gasteiger partial charge in [0.2, 0.25) is 15.9 Å². The van der Waals surface area contributed by atoms with E-state index in [0.29, 0.717) is 18.8 Å². The van der Waals surface area contributed by atoms with Crippen molar-refractivity contribution >= 4 is 15.9 Å². The first-order chi connectivity index (χ1) is 13.4. The van der Waals surface area contributed by atoms with Crippen molar-refractivity contribution < 1.29 is 23.1 Å². The number of benzene rings is 2. The predicted octanol–water partition coefficient (Wildman–Crippen LogP) is 2.00. The molecule has 0 bridgehead atoms. The third-order valence-electron chi connectivity index (χ3n) is 4.65. The van der Waals surface area contributed by atoms with E-state index in [4.69, 9.17) is 4.74 Å². The second kappa shape index (κ2) is 8.62. The van der Waals surface area contributed by atoms with Crippen LogP contribution in [-0.4, -0.2) is 61.4 Å². The highest BCUT2D eigenvalue weighted by atomic mass is 32.2. The van der Waals surface area contributed by atoms with Gasteiger partial charge in [-0.25, -0.2) is 8.42 Å². The average molecular weight is 404 g/mol. The molecule has 28 heavy (non-hydrogen) atoms. The summed E-state index contributed by atoms with van der Waals surface area (Å²) in [6.07, 6.45) is 0.195. The summed E-state index contributed by atoms with van der Waals surface area (Å²) in [5.41, 5.74) is 1.00. The third kappa shape index (κ3) is 4.82. The highest BCUT2D eigenvalue weighted by Gasteiger charge is 2.29. The summed E-state index contributed by atoms with van der Waals surface area (Å²) in [5, 5.41) is 9.40. The first-order valence-electron chi connectivity index (χ1n) is 9.13. The van der Waals surface area contributed by atoms with Gasteiger partial charge < -0.3 is 14.7 Å². The van der Waals surface area contributed by atoms with E-state index in [0.717, 1.165) is 5.56 Å². The van der Waals surface area contributed by atoms with Crippen molar-refractivity contribution in [2.24, 2.45) is 0 Å². The number of rotatable bonds is 6. The van der Waals surface area contributed by atoms with Gasteiger partial charge in [-0.2, -0.15) is 4.31 Å². The highest BCUT2D eigenvalue weighted by Crippen LogP contribution is 2.19. The van der Waals surface area contributed by atoms with Gasteiger partial charge in [0, 0.05) is 32.2 Å². The maximum atomic E-state index is 12.7. The third-order valence-corrected chi connectivity index (χ3v) is 6.57. The lowest BCUT2D eigenvalue weighted by molar-refractivity contribution is -0.132. The number of amides is 1. The van der Waals surface area contributed by atoms with Crippen molar-refractivity contribution in [3.8, 4) is 11.5 Å². The topological polar surface area (TPSA) is 87.2 Å². The molecule has 2 aromatic rings. The summed E-state index contributed by atoms with van der Waals surface area (Å²) in [6.45, 7) is 3.37. The Kier molecular flexibility index (Phi) is 6.21. The predicted molar refractivity (Wildman–Crippen MR) is 105 cm³/mol. The monoisotopic (exact) mass is 404 g/mol. The number of phenolic OH excluding ortho intramolecular Hbond substituents is 1. The number of aryl methyl sites for hydroxylation is 1. The first-order valence-corrected chi connectivity index (χ1v) is 10.6. The van der Waals surface area contributed by atoms with Crippen LogP contribution in [0.3, 0.4) is 0 Å². The number of carbonyl (C=O) groups excluding carboxylic acids is 1. The second-order valence-corrected chi connectivity index (χ2v) is 8.63. The minimum atomic E-state index is -3.54. The fourth-order valence-electron chi connectivity index (χ4n) is 3.02. The number of hydrogen-bond acceptors (Lipinski definition) is 5. The van der Waals surface area contributed by atoms with Crippen LogP contribution in [0.1, 0.15) is 12.0 Å². The molecule has 150 valence electrons. The molecule has 1 heterocycles. The Labute approximate surface area is 165 Å². The van der Waals surface area contributed by atoms with Gasteiger partial charge in [-0.3, -0.25) is 4.79 Å².